The number of nitrogens with zero attached hydrogens (tertiary/aromatic N) is 4. The van der Waals surface area contributed by atoms with Crippen molar-refractivity contribution in [1.82, 2.24) is 20.0 Å². The summed E-state index contributed by atoms with van der Waals surface area (Å²) in [6, 6.07) is 18.3. The van der Waals surface area contributed by atoms with Gasteiger partial charge < -0.3 is 9.73 Å². The molecule has 0 radical (unpaired) electrons. The van der Waals surface area contributed by atoms with E-state index in [4.69, 9.17) is 16.0 Å². The normalized spacial score (nSPS) is 17.4. The Balaban J connectivity index is 1.46. The van der Waals surface area contributed by atoms with E-state index in [0.717, 1.165) is 23.4 Å². The lowest BCUT2D eigenvalue weighted by molar-refractivity contribution is 0.263. The first-order chi connectivity index (χ1) is 14.5. The summed E-state index contributed by atoms with van der Waals surface area (Å²) in [7, 11) is 0. The second-order valence-electron chi connectivity index (χ2n) is 8.25. The second kappa shape index (κ2) is 7.29. The Labute approximate surface area is 179 Å². The van der Waals surface area contributed by atoms with Gasteiger partial charge in [-0.3, -0.25) is 0 Å². The molecule has 3 heterocycles. The fraction of sp³-hybridized carbons (Fsp3) is 0.261. The van der Waals surface area contributed by atoms with E-state index >= 15 is 0 Å². The molecule has 0 bridgehead atoms. The van der Waals surface area contributed by atoms with Gasteiger partial charge in [0.1, 0.15) is 11.4 Å². The van der Waals surface area contributed by atoms with Gasteiger partial charge in [0.05, 0.1) is 24.2 Å². The topological polar surface area (TPSA) is 68.8 Å². The van der Waals surface area contributed by atoms with Crippen molar-refractivity contribution in [2.24, 2.45) is 0 Å². The van der Waals surface area contributed by atoms with Crippen LogP contribution in [-0.4, -0.2) is 20.0 Å². The first kappa shape index (κ1) is 18.9. The van der Waals surface area contributed by atoms with Gasteiger partial charge in [-0.25, -0.2) is 4.68 Å². The SMILES string of the molecule is CC1(C)CC(c2ccccc2)Nc2c(-c3nnc(Cc4ccc(Cl)cc4)o3)cnn21. The van der Waals surface area contributed by atoms with Crippen LogP contribution >= 0.6 is 11.6 Å². The largest absolute Gasteiger partial charge is 0.420 e. The van der Waals surface area contributed by atoms with Crippen molar-refractivity contribution in [2.45, 2.75) is 38.3 Å². The standard InChI is InChI=1S/C23H22ClN5O/c1-23(2)13-19(16-6-4-3-5-7-16)26-21-18(14-25-29(21)23)22-28-27-20(30-22)12-15-8-10-17(24)11-9-15/h3-11,14,19,26H,12-13H2,1-2H3. The highest BCUT2D eigenvalue weighted by Crippen LogP contribution is 2.42. The first-order valence-electron chi connectivity index (χ1n) is 9.97. The lowest BCUT2D eigenvalue weighted by Gasteiger charge is -2.38. The van der Waals surface area contributed by atoms with Crippen molar-refractivity contribution in [3.8, 4) is 11.5 Å². The molecule has 6 nitrogen and oxygen atoms in total. The van der Waals surface area contributed by atoms with Gasteiger partial charge in [0, 0.05) is 5.02 Å². The Kier molecular flexibility index (Phi) is 4.59. The average molecular weight is 420 g/mol. The van der Waals surface area contributed by atoms with E-state index < -0.39 is 0 Å². The van der Waals surface area contributed by atoms with Gasteiger partial charge >= 0.3 is 0 Å². The van der Waals surface area contributed by atoms with Gasteiger partial charge in [0.2, 0.25) is 5.89 Å². The van der Waals surface area contributed by atoms with Crippen LogP contribution < -0.4 is 5.32 Å². The molecule has 0 fully saturated rings. The summed E-state index contributed by atoms with van der Waals surface area (Å²) in [6.45, 7) is 4.40. The van der Waals surface area contributed by atoms with Crippen LogP contribution in [0, 0.1) is 0 Å². The molecule has 4 aromatic rings. The van der Waals surface area contributed by atoms with Gasteiger partial charge in [0.25, 0.3) is 5.89 Å². The van der Waals surface area contributed by atoms with Crippen LogP contribution in [0.5, 0.6) is 0 Å². The van der Waals surface area contributed by atoms with Crippen LogP contribution in [0.25, 0.3) is 11.5 Å². The van der Waals surface area contributed by atoms with E-state index in [2.05, 4.69) is 58.7 Å². The molecule has 152 valence electrons. The fourth-order valence-corrected chi connectivity index (χ4v) is 4.13. The number of aromatic nitrogens is 4. The van der Waals surface area contributed by atoms with Gasteiger partial charge in [-0.15, -0.1) is 10.2 Å². The van der Waals surface area contributed by atoms with Gasteiger partial charge in [-0.05, 0) is 43.5 Å². The summed E-state index contributed by atoms with van der Waals surface area (Å²) >= 11 is 5.97. The monoisotopic (exact) mass is 419 g/mol. The zero-order valence-corrected chi connectivity index (χ0v) is 17.6. The van der Waals surface area contributed by atoms with E-state index in [1.807, 2.05) is 35.0 Å². The van der Waals surface area contributed by atoms with Gasteiger partial charge in [0.15, 0.2) is 0 Å². The van der Waals surface area contributed by atoms with E-state index in [9.17, 15) is 0 Å². The Hall–Kier alpha value is -3.12. The predicted molar refractivity (Wildman–Crippen MR) is 117 cm³/mol. The maximum absolute atomic E-state index is 5.99. The van der Waals surface area contributed by atoms with E-state index in [1.54, 1.807) is 6.20 Å². The number of nitrogens with one attached hydrogen (secondary N) is 1. The Morgan fingerprint density at radius 3 is 2.63 bits per heavy atom. The molecular weight excluding hydrogens is 398 g/mol. The maximum atomic E-state index is 5.99. The lowest BCUT2D eigenvalue weighted by Crippen LogP contribution is -2.37. The predicted octanol–water partition coefficient (Wildman–Crippen LogP) is 5.47. The average Bonchev–Trinajstić information content (AvgIpc) is 3.37. The molecule has 0 saturated heterocycles. The minimum Gasteiger partial charge on any atom is -0.420 e. The zero-order valence-electron chi connectivity index (χ0n) is 16.8. The van der Waals surface area contributed by atoms with Gasteiger partial charge in [-0.2, -0.15) is 5.10 Å². The Bertz CT molecular complexity index is 1160. The molecule has 1 unspecified atom stereocenters. The quantitative estimate of drug-likeness (QED) is 0.475. The minimum atomic E-state index is -0.147. The molecule has 0 amide bonds. The molecule has 0 saturated carbocycles. The molecule has 5 rings (SSSR count). The fourth-order valence-electron chi connectivity index (χ4n) is 4.00. The summed E-state index contributed by atoms with van der Waals surface area (Å²) in [5.74, 6) is 1.93. The maximum Gasteiger partial charge on any atom is 0.253 e. The molecule has 1 N–H and O–H groups in total. The molecule has 2 aromatic heterocycles. The van der Waals surface area contributed by atoms with E-state index in [0.29, 0.717) is 23.2 Å². The number of hydrogen-bond donors (Lipinski definition) is 1. The van der Waals surface area contributed by atoms with Crippen molar-refractivity contribution in [1.29, 1.82) is 0 Å². The molecule has 30 heavy (non-hydrogen) atoms. The minimum absolute atomic E-state index is 0.147. The summed E-state index contributed by atoms with van der Waals surface area (Å²) in [5, 5.41) is 17.5. The number of benzene rings is 2. The van der Waals surface area contributed by atoms with Crippen LogP contribution in [-0.2, 0) is 12.0 Å². The molecule has 1 atom stereocenters. The highest BCUT2D eigenvalue weighted by Gasteiger charge is 2.36. The number of hydrogen-bond acceptors (Lipinski definition) is 5. The van der Waals surface area contributed by atoms with Crippen LogP contribution in [0.1, 0.15) is 43.3 Å². The molecule has 0 spiro atoms. The van der Waals surface area contributed by atoms with Crippen molar-refractivity contribution in [3.05, 3.63) is 82.8 Å². The van der Waals surface area contributed by atoms with Crippen molar-refractivity contribution in [2.75, 3.05) is 5.32 Å². The molecule has 2 aromatic carbocycles. The summed E-state index contributed by atoms with van der Waals surface area (Å²) in [6.07, 6.45) is 3.28. The van der Waals surface area contributed by atoms with Crippen molar-refractivity contribution >= 4 is 17.4 Å². The number of fused-ring (bicyclic) bond motifs is 1. The van der Waals surface area contributed by atoms with Crippen LogP contribution in [0.2, 0.25) is 5.02 Å². The highest BCUT2D eigenvalue weighted by molar-refractivity contribution is 6.30. The summed E-state index contributed by atoms with van der Waals surface area (Å²) in [5.41, 5.74) is 2.98. The van der Waals surface area contributed by atoms with Gasteiger partial charge in [-0.1, -0.05) is 54.1 Å². The van der Waals surface area contributed by atoms with Crippen LogP contribution in [0.4, 0.5) is 5.82 Å². The molecule has 7 heteroatoms. The van der Waals surface area contributed by atoms with E-state index in [-0.39, 0.29) is 11.6 Å². The van der Waals surface area contributed by atoms with Crippen LogP contribution in [0.3, 0.4) is 0 Å². The summed E-state index contributed by atoms with van der Waals surface area (Å²) < 4.78 is 8.01. The smallest absolute Gasteiger partial charge is 0.253 e. The van der Waals surface area contributed by atoms with Crippen molar-refractivity contribution in [3.63, 3.8) is 0 Å². The number of rotatable bonds is 4. The number of anilines is 1. The Morgan fingerprint density at radius 2 is 1.87 bits per heavy atom. The zero-order chi connectivity index (χ0) is 20.7. The van der Waals surface area contributed by atoms with Crippen LogP contribution in [0.15, 0.2) is 65.2 Å². The van der Waals surface area contributed by atoms with E-state index in [1.165, 1.54) is 5.56 Å². The number of halogens is 1. The highest BCUT2D eigenvalue weighted by atomic mass is 35.5. The molecular formula is C23H22ClN5O. The first-order valence-corrected chi connectivity index (χ1v) is 10.3. The third-order valence-electron chi connectivity index (χ3n) is 5.53. The lowest BCUT2D eigenvalue weighted by atomic mass is 9.89. The summed E-state index contributed by atoms with van der Waals surface area (Å²) in [4.78, 5) is 0. The second-order valence-corrected chi connectivity index (χ2v) is 8.68. The Morgan fingerprint density at radius 1 is 1.10 bits per heavy atom. The molecule has 1 aliphatic heterocycles. The third-order valence-corrected chi connectivity index (χ3v) is 5.78. The molecule has 0 aliphatic carbocycles. The molecule has 1 aliphatic rings. The van der Waals surface area contributed by atoms with Crippen molar-refractivity contribution < 1.29 is 4.42 Å². The third kappa shape index (κ3) is 3.48.